The van der Waals surface area contributed by atoms with E-state index in [-0.39, 0.29) is 18.0 Å². The highest BCUT2D eigenvalue weighted by molar-refractivity contribution is 5.78. The molecule has 1 aliphatic rings. The maximum absolute atomic E-state index is 12.9. The molecular weight excluding hydrogens is 364 g/mol. The van der Waals surface area contributed by atoms with E-state index in [1.165, 1.54) is 18.4 Å². The number of nitrogens with zero attached hydrogens (tertiary/aromatic N) is 1. The van der Waals surface area contributed by atoms with Crippen LogP contribution in [0.25, 0.3) is 0 Å². The van der Waals surface area contributed by atoms with Crippen LogP contribution in [0, 0.1) is 0 Å². The second-order valence-corrected chi connectivity index (χ2v) is 7.64. The second kappa shape index (κ2) is 10.3. The highest BCUT2D eigenvalue weighted by atomic mass is 16.5. The minimum atomic E-state index is -0.106. The van der Waals surface area contributed by atoms with Crippen molar-refractivity contribution in [2.45, 2.75) is 44.7 Å². The van der Waals surface area contributed by atoms with Gasteiger partial charge in [-0.2, -0.15) is 0 Å². The van der Waals surface area contributed by atoms with Gasteiger partial charge in [-0.15, -0.1) is 0 Å². The predicted molar refractivity (Wildman–Crippen MR) is 115 cm³/mol. The highest BCUT2D eigenvalue weighted by Crippen LogP contribution is 2.31. The molecule has 1 fully saturated rings. The van der Waals surface area contributed by atoms with E-state index in [1.807, 2.05) is 43.3 Å². The van der Waals surface area contributed by atoms with Crippen molar-refractivity contribution in [3.05, 3.63) is 59.7 Å². The molecule has 2 aromatic carbocycles. The number of carbonyl (C=O) groups is 1. The summed E-state index contributed by atoms with van der Waals surface area (Å²) in [5, 5.41) is 3.15. The van der Waals surface area contributed by atoms with Crippen LogP contribution in [0.1, 0.15) is 55.8 Å². The standard InChI is InChI=1S/C24H32N2O3/c1-18(21-9-6-7-11-23(21)29-3)25-24(27)17-26-16-8-4-5-10-22(26)19-12-14-20(28-2)15-13-19/h6-7,9,11-15,18,22H,4-5,8,10,16-17H2,1-3H3,(H,25,27). The van der Waals surface area contributed by atoms with Crippen LogP contribution < -0.4 is 14.8 Å². The van der Waals surface area contributed by atoms with Gasteiger partial charge >= 0.3 is 0 Å². The molecule has 156 valence electrons. The van der Waals surface area contributed by atoms with Gasteiger partial charge in [-0.3, -0.25) is 9.69 Å². The largest absolute Gasteiger partial charge is 0.497 e. The number of hydrogen-bond acceptors (Lipinski definition) is 4. The van der Waals surface area contributed by atoms with Gasteiger partial charge < -0.3 is 14.8 Å². The van der Waals surface area contributed by atoms with E-state index in [0.717, 1.165) is 36.4 Å². The van der Waals surface area contributed by atoms with E-state index in [4.69, 9.17) is 9.47 Å². The molecule has 5 heteroatoms. The molecule has 1 aliphatic heterocycles. The summed E-state index contributed by atoms with van der Waals surface area (Å²) >= 11 is 0. The molecule has 1 saturated heterocycles. The zero-order valence-electron chi connectivity index (χ0n) is 17.7. The van der Waals surface area contributed by atoms with Gasteiger partial charge in [0.1, 0.15) is 11.5 Å². The third-order valence-electron chi connectivity index (χ3n) is 5.69. The van der Waals surface area contributed by atoms with Gasteiger partial charge in [0, 0.05) is 11.6 Å². The van der Waals surface area contributed by atoms with Gasteiger partial charge in [-0.1, -0.05) is 43.2 Å². The zero-order chi connectivity index (χ0) is 20.6. The SMILES string of the molecule is COc1ccc(C2CCCCCN2CC(=O)NC(C)c2ccccc2OC)cc1. The first kappa shape index (κ1) is 21.2. The van der Waals surface area contributed by atoms with Crippen LogP contribution in [0.5, 0.6) is 11.5 Å². The summed E-state index contributed by atoms with van der Waals surface area (Å²) in [5.41, 5.74) is 2.24. The molecule has 1 N–H and O–H groups in total. The fourth-order valence-corrected chi connectivity index (χ4v) is 4.13. The number of rotatable bonds is 7. The Morgan fingerprint density at radius 3 is 2.55 bits per heavy atom. The number of para-hydroxylation sites is 1. The van der Waals surface area contributed by atoms with Crippen LogP contribution >= 0.6 is 0 Å². The van der Waals surface area contributed by atoms with Crippen molar-refractivity contribution in [3.8, 4) is 11.5 Å². The molecule has 0 bridgehead atoms. The van der Waals surface area contributed by atoms with Gasteiger partial charge in [-0.25, -0.2) is 0 Å². The normalized spacial score (nSPS) is 18.5. The maximum atomic E-state index is 12.9. The molecule has 29 heavy (non-hydrogen) atoms. The fraction of sp³-hybridized carbons (Fsp3) is 0.458. The molecule has 5 nitrogen and oxygen atoms in total. The van der Waals surface area contributed by atoms with Crippen molar-refractivity contribution < 1.29 is 14.3 Å². The Labute approximate surface area is 174 Å². The molecular formula is C24H32N2O3. The maximum Gasteiger partial charge on any atom is 0.234 e. The number of benzene rings is 2. The molecule has 2 atom stereocenters. The summed E-state index contributed by atoms with van der Waals surface area (Å²) in [7, 11) is 3.34. The molecule has 0 saturated carbocycles. The number of amides is 1. The molecule has 1 heterocycles. The van der Waals surface area contributed by atoms with Crippen LogP contribution in [0.4, 0.5) is 0 Å². The molecule has 2 aromatic rings. The zero-order valence-corrected chi connectivity index (χ0v) is 17.7. The van der Waals surface area contributed by atoms with Gasteiger partial charge in [-0.05, 0) is 50.1 Å². The number of likely N-dealkylation sites (tertiary alicyclic amines) is 1. The fourth-order valence-electron chi connectivity index (χ4n) is 4.13. The second-order valence-electron chi connectivity index (χ2n) is 7.64. The lowest BCUT2D eigenvalue weighted by Crippen LogP contribution is -2.40. The Kier molecular flexibility index (Phi) is 7.53. The summed E-state index contributed by atoms with van der Waals surface area (Å²) in [6.07, 6.45) is 4.60. The molecule has 3 rings (SSSR count). The van der Waals surface area contributed by atoms with E-state index in [0.29, 0.717) is 6.54 Å². The van der Waals surface area contributed by atoms with Crippen molar-refractivity contribution in [1.82, 2.24) is 10.2 Å². The lowest BCUT2D eigenvalue weighted by Gasteiger charge is -2.30. The lowest BCUT2D eigenvalue weighted by molar-refractivity contribution is -0.123. The van der Waals surface area contributed by atoms with Gasteiger partial charge in [0.15, 0.2) is 0 Å². The number of ether oxygens (including phenoxy) is 2. The average molecular weight is 397 g/mol. The van der Waals surface area contributed by atoms with E-state index < -0.39 is 0 Å². The molecule has 0 spiro atoms. The van der Waals surface area contributed by atoms with Gasteiger partial charge in [0.2, 0.25) is 5.91 Å². The number of nitrogens with one attached hydrogen (secondary N) is 1. The third kappa shape index (κ3) is 5.51. The number of carbonyl (C=O) groups excluding carboxylic acids is 1. The van der Waals surface area contributed by atoms with E-state index >= 15 is 0 Å². The summed E-state index contributed by atoms with van der Waals surface area (Å²) in [6, 6.07) is 16.2. The van der Waals surface area contributed by atoms with Crippen molar-refractivity contribution in [2.24, 2.45) is 0 Å². The first-order valence-corrected chi connectivity index (χ1v) is 10.4. The smallest absolute Gasteiger partial charge is 0.234 e. The van der Waals surface area contributed by atoms with Gasteiger partial charge in [0.05, 0.1) is 26.8 Å². The first-order chi connectivity index (χ1) is 14.1. The predicted octanol–water partition coefficient (Wildman–Crippen LogP) is 4.50. The van der Waals surface area contributed by atoms with E-state index in [9.17, 15) is 4.79 Å². The first-order valence-electron chi connectivity index (χ1n) is 10.4. The molecule has 0 aromatic heterocycles. The summed E-state index contributed by atoms with van der Waals surface area (Å²) in [5.74, 6) is 1.70. The lowest BCUT2D eigenvalue weighted by atomic mass is 10.0. The summed E-state index contributed by atoms with van der Waals surface area (Å²) in [4.78, 5) is 15.2. The Balaban J connectivity index is 1.68. The van der Waals surface area contributed by atoms with Crippen LogP contribution in [0.2, 0.25) is 0 Å². The van der Waals surface area contributed by atoms with Crippen LogP contribution in [0.15, 0.2) is 48.5 Å². The van der Waals surface area contributed by atoms with Crippen molar-refractivity contribution in [2.75, 3.05) is 27.3 Å². The topological polar surface area (TPSA) is 50.8 Å². The minimum Gasteiger partial charge on any atom is -0.497 e. The van der Waals surface area contributed by atoms with Gasteiger partial charge in [0.25, 0.3) is 0 Å². The minimum absolute atomic E-state index is 0.0452. The average Bonchev–Trinajstić information content (AvgIpc) is 2.99. The Morgan fingerprint density at radius 1 is 1.07 bits per heavy atom. The van der Waals surface area contributed by atoms with Crippen molar-refractivity contribution in [3.63, 3.8) is 0 Å². The molecule has 1 amide bonds. The molecule has 2 unspecified atom stereocenters. The van der Waals surface area contributed by atoms with E-state index in [2.05, 4.69) is 22.3 Å². The summed E-state index contributed by atoms with van der Waals surface area (Å²) < 4.78 is 10.7. The monoisotopic (exact) mass is 396 g/mol. The number of methoxy groups -OCH3 is 2. The quantitative estimate of drug-likeness (QED) is 0.749. The van der Waals surface area contributed by atoms with Crippen molar-refractivity contribution in [1.29, 1.82) is 0 Å². The number of hydrogen-bond donors (Lipinski definition) is 1. The highest BCUT2D eigenvalue weighted by Gasteiger charge is 2.25. The van der Waals surface area contributed by atoms with Crippen LogP contribution in [-0.4, -0.2) is 38.1 Å². The third-order valence-corrected chi connectivity index (χ3v) is 5.69. The Morgan fingerprint density at radius 2 is 1.83 bits per heavy atom. The van der Waals surface area contributed by atoms with Crippen LogP contribution in [0.3, 0.4) is 0 Å². The Hall–Kier alpha value is -2.53. The van der Waals surface area contributed by atoms with Crippen molar-refractivity contribution >= 4 is 5.91 Å². The van der Waals surface area contributed by atoms with Crippen LogP contribution in [-0.2, 0) is 4.79 Å². The Bertz CT molecular complexity index is 791. The molecule has 0 aliphatic carbocycles. The summed E-state index contributed by atoms with van der Waals surface area (Å²) in [6.45, 7) is 3.34. The molecule has 0 radical (unpaired) electrons. The van der Waals surface area contributed by atoms with E-state index in [1.54, 1.807) is 14.2 Å².